The van der Waals surface area contributed by atoms with E-state index in [0.29, 0.717) is 36.2 Å². The zero-order valence-electron chi connectivity index (χ0n) is 19.5. The molecular weight excluding hydrogens is 460 g/mol. The average Bonchev–Trinajstić information content (AvgIpc) is 2.87. The van der Waals surface area contributed by atoms with E-state index in [0.717, 1.165) is 40.3 Å². The van der Waals surface area contributed by atoms with Crippen molar-refractivity contribution < 1.29 is 14.6 Å². The van der Waals surface area contributed by atoms with Crippen molar-refractivity contribution in [1.82, 2.24) is 9.88 Å². The Morgan fingerprint density at radius 3 is 2.49 bits per heavy atom. The maximum absolute atomic E-state index is 12.3. The van der Waals surface area contributed by atoms with E-state index >= 15 is 0 Å². The van der Waals surface area contributed by atoms with Crippen molar-refractivity contribution in [3.63, 3.8) is 0 Å². The summed E-state index contributed by atoms with van der Waals surface area (Å²) in [6.45, 7) is 4.64. The van der Waals surface area contributed by atoms with Gasteiger partial charge in [0.15, 0.2) is 0 Å². The first-order valence-electron chi connectivity index (χ1n) is 11.5. The average molecular weight is 487 g/mol. The highest BCUT2D eigenvalue weighted by molar-refractivity contribution is 6.06. The Balaban J connectivity index is 0.00000289. The lowest BCUT2D eigenvalue weighted by atomic mass is 9.92. The summed E-state index contributed by atoms with van der Waals surface area (Å²) in [5, 5.41) is 10.8. The minimum Gasteiger partial charge on any atom is -0.488 e. The molecule has 1 aliphatic heterocycles. The number of benzene rings is 3. The highest BCUT2D eigenvalue weighted by atomic mass is 35.5. The van der Waals surface area contributed by atoms with E-state index in [9.17, 15) is 9.90 Å². The van der Waals surface area contributed by atoms with Crippen LogP contribution in [0.3, 0.4) is 0 Å². The molecule has 5 nitrogen and oxygen atoms in total. The second-order valence-corrected chi connectivity index (χ2v) is 8.42. The predicted molar refractivity (Wildman–Crippen MR) is 142 cm³/mol. The molecule has 1 aromatic heterocycles. The maximum Gasteiger partial charge on any atom is 0.336 e. The zero-order chi connectivity index (χ0) is 23.5. The molecule has 2 heterocycles. The molecule has 178 valence electrons. The lowest BCUT2D eigenvalue weighted by Gasteiger charge is -2.30. The van der Waals surface area contributed by atoms with E-state index in [-0.39, 0.29) is 12.4 Å². The molecule has 0 saturated carbocycles. The molecule has 0 atom stereocenters. The van der Waals surface area contributed by atoms with Crippen LogP contribution in [0.15, 0.2) is 78.9 Å². The highest BCUT2D eigenvalue weighted by Crippen LogP contribution is 2.35. The fourth-order valence-corrected chi connectivity index (χ4v) is 4.50. The molecule has 0 bridgehead atoms. The number of carbonyl (C=O) groups is 1. The van der Waals surface area contributed by atoms with E-state index < -0.39 is 5.97 Å². The Hall–Kier alpha value is -3.67. The smallest absolute Gasteiger partial charge is 0.336 e. The van der Waals surface area contributed by atoms with Crippen LogP contribution in [0.4, 0.5) is 0 Å². The van der Waals surface area contributed by atoms with Crippen molar-refractivity contribution in [3.05, 3.63) is 107 Å². The van der Waals surface area contributed by atoms with E-state index in [1.165, 1.54) is 0 Å². The van der Waals surface area contributed by atoms with Crippen LogP contribution < -0.4 is 4.74 Å². The predicted octanol–water partition coefficient (Wildman–Crippen LogP) is 6.31. The van der Waals surface area contributed by atoms with Crippen molar-refractivity contribution in [2.24, 2.45) is 0 Å². The van der Waals surface area contributed by atoms with Crippen LogP contribution in [-0.2, 0) is 13.2 Å². The summed E-state index contributed by atoms with van der Waals surface area (Å²) in [6, 6.07) is 25.5. The molecule has 3 aromatic carbocycles. The second kappa shape index (κ2) is 10.7. The number of hydrogen-bond acceptors (Lipinski definition) is 4. The van der Waals surface area contributed by atoms with Crippen LogP contribution in [0, 0.1) is 0 Å². The van der Waals surface area contributed by atoms with Gasteiger partial charge in [0.2, 0.25) is 0 Å². The van der Waals surface area contributed by atoms with E-state index in [2.05, 4.69) is 17.9 Å². The lowest BCUT2D eigenvalue weighted by molar-refractivity contribution is 0.0696. The SMILES string of the molecule is CCN1CC(=Cc2ccccc2OCc2ccccc2)c2nc3ccccc3c(C(=O)O)c2C1.Cl. The Morgan fingerprint density at radius 2 is 1.71 bits per heavy atom. The van der Waals surface area contributed by atoms with Crippen LogP contribution in [0.1, 0.15) is 39.7 Å². The first-order chi connectivity index (χ1) is 16.6. The van der Waals surface area contributed by atoms with E-state index in [1.54, 1.807) is 0 Å². The number of hydrogen-bond donors (Lipinski definition) is 1. The van der Waals surface area contributed by atoms with Crippen molar-refractivity contribution in [2.75, 3.05) is 13.1 Å². The van der Waals surface area contributed by atoms with Gasteiger partial charge in [-0.1, -0.05) is 73.7 Å². The van der Waals surface area contributed by atoms with Crippen molar-refractivity contribution in [2.45, 2.75) is 20.1 Å². The fourth-order valence-electron chi connectivity index (χ4n) is 4.50. The summed E-state index contributed by atoms with van der Waals surface area (Å²) in [5.41, 5.74) is 5.62. The second-order valence-electron chi connectivity index (χ2n) is 8.42. The molecule has 0 spiro atoms. The number of pyridine rings is 1. The molecule has 4 aromatic rings. The quantitative estimate of drug-likeness (QED) is 0.346. The summed E-state index contributed by atoms with van der Waals surface area (Å²) >= 11 is 0. The number of aromatic carboxylic acids is 1. The number of nitrogens with zero attached hydrogens (tertiary/aromatic N) is 2. The molecule has 1 N–H and O–H groups in total. The molecule has 0 unspecified atom stereocenters. The number of likely N-dealkylation sites (N-methyl/N-ethyl adjacent to an activating group) is 1. The van der Waals surface area contributed by atoms with Gasteiger partial charge in [-0.05, 0) is 35.9 Å². The van der Waals surface area contributed by atoms with Crippen LogP contribution in [0.25, 0.3) is 22.6 Å². The van der Waals surface area contributed by atoms with Gasteiger partial charge in [0, 0.05) is 29.6 Å². The number of para-hydroxylation sites is 2. The third kappa shape index (κ3) is 5.06. The van der Waals surface area contributed by atoms with Crippen LogP contribution in [0.5, 0.6) is 5.75 Å². The third-order valence-corrected chi connectivity index (χ3v) is 6.22. The van der Waals surface area contributed by atoms with Crippen molar-refractivity contribution in [1.29, 1.82) is 0 Å². The summed E-state index contributed by atoms with van der Waals surface area (Å²) in [4.78, 5) is 19.5. The topological polar surface area (TPSA) is 62.7 Å². The first-order valence-corrected chi connectivity index (χ1v) is 11.5. The molecule has 0 fully saturated rings. The van der Waals surface area contributed by atoms with Crippen LogP contribution >= 0.6 is 12.4 Å². The molecule has 6 heteroatoms. The van der Waals surface area contributed by atoms with Gasteiger partial charge >= 0.3 is 5.97 Å². The minimum atomic E-state index is -0.918. The zero-order valence-corrected chi connectivity index (χ0v) is 20.3. The summed E-state index contributed by atoms with van der Waals surface area (Å²) in [5.74, 6) is -0.132. The standard InChI is InChI=1S/C29H26N2O3.ClH/c1-2-31-17-22(16-21-12-6-9-15-26(21)34-19-20-10-4-3-5-11-20)28-24(18-31)27(29(32)33)23-13-7-8-14-25(23)30-28;/h3-16H,2,17-19H2,1H3,(H,32,33);1H. The van der Waals surface area contributed by atoms with Crippen molar-refractivity contribution in [3.8, 4) is 5.75 Å². The Bertz CT molecular complexity index is 1390. The van der Waals surface area contributed by atoms with Gasteiger partial charge in [0.1, 0.15) is 12.4 Å². The first kappa shape index (κ1) is 24.5. The number of rotatable bonds is 6. The van der Waals surface area contributed by atoms with Gasteiger partial charge in [-0.25, -0.2) is 9.78 Å². The number of halogens is 1. The van der Waals surface area contributed by atoms with Gasteiger partial charge < -0.3 is 9.84 Å². The lowest BCUT2D eigenvalue weighted by Crippen LogP contribution is -2.31. The Morgan fingerprint density at radius 1 is 1.00 bits per heavy atom. The van der Waals surface area contributed by atoms with E-state index in [4.69, 9.17) is 9.72 Å². The molecule has 0 radical (unpaired) electrons. The van der Waals surface area contributed by atoms with Gasteiger partial charge in [-0.15, -0.1) is 12.4 Å². The molecular formula is C29H27ClN2O3. The summed E-state index contributed by atoms with van der Waals surface area (Å²) in [6.07, 6.45) is 2.09. The largest absolute Gasteiger partial charge is 0.488 e. The van der Waals surface area contributed by atoms with E-state index in [1.807, 2.05) is 78.9 Å². The molecule has 0 aliphatic carbocycles. The fraction of sp³-hybridized carbons (Fsp3) is 0.172. The number of carboxylic acid groups (broad SMARTS) is 1. The van der Waals surface area contributed by atoms with Gasteiger partial charge in [0.05, 0.1) is 16.8 Å². The molecule has 0 amide bonds. The number of fused-ring (bicyclic) bond motifs is 2. The molecule has 5 rings (SSSR count). The molecule has 1 aliphatic rings. The summed E-state index contributed by atoms with van der Waals surface area (Å²) < 4.78 is 6.17. The number of aromatic nitrogens is 1. The Kier molecular flexibility index (Phi) is 7.49. The van der Waals surface area contributed by atoms with Gasteiger partial charge in [-0.3, -0.25) is 4.90 Å². The minimum absolute atomic E-state index is 0. The van der Waals surface area contributed by atoms with Crippen LogP contribution in [0.2, 0.25) is 0 Å². The maximum atomic E-state index is 12.3. The summed E-state index contributed by atoms with van der Waals surface area (Å²) in [7, 11) is 0. The van der Waals surface area contributed by atoms with Gasteiger partial charge in [-0.2, -0.15) is 0 Å². The van der Waals surface area contributed by atoms with Crippen molar-refractivity contribution >= 4 is 40.9 Å². The third-order valence-electron chi connectivity index (χ3n) is 6.22. The number of ether oxygens (including phenoxy) is 1. The Labute approximate surface area is 211 Å². The molecule has 35 heavy (non-hydrogen) atoms. The molecule has 0 saturated heterocycles. The number of carboxylic acids is 1. The monoisotopic (exact) mass is 486 g/mol. The van der Waals surface area contributed by atoms with Gasteiger partial charge in [0.25, 0.3) is 0 Å². The van der Waals surface area contributed by atoms with Crippen LogP contribution in [-0.4, -0.2) is 34.0 Å². The highest BCUT2D eigenvalue weighted by Gasteiger charge is 2.28. The normalized spacial score (nSPS) is 14.4.